The van der Waals surface area contributed by atoms with Crippen molar-refractivity contribution in [3.63, 3.8) is 0 Å². The fourth-order valence-electron chi connectivity index (χ4n) is 0.599. The van der Waals surface area contributed by atoms with Crippen LogP contribution in [0.5, 0.6) is 0 Å². The average molecular weight is 186 g/mol. The molecular formula is C7H8BrN. The summed E-state index contributed by atoms with van der Waals surface area (Å²) in [6.07, 6.45) is 1.80. The van der Waals surface area contributed by atoms with Gasteiger partial charge in [-0.25, -0.2) is 4.98 Å². The summed E-state index contributed by atoms with van der Waals surface area (Å²) in [6.45, 7) is 4.12. The molecule has 0 saturated carbocycles. The molecule has 0 amide bonds. The summed E-state index contributed by atoms with van der Waals surface area (Å²) in [5.74, 6) is 0. The van der Waals surface area contributed by atoms with Gasteiger partial charge in [-0.05, 0) is 47.0 Å². The van der Waals surface area contributed by atoms with Crippen molar-refractivity contribution in [2.75, 3.05) is 0 Å². The van der Waals surface area contributed by atoms with Crippen LogP contribution in [0.15, 0.2) is 16.9 Å². The van der Waals surface area contributed by atoms with Gasteiger partial charge in [0.1, 0.15) is 4.60 Å². The standard InChI is InChI=1S/C7H8BrN/c1-5-3-4-9-7(8)6(5)2/h3-4H,1-2H3. The second-order valence-electron chi connectivity index (χ2n) is 2.04. The molecule has 48 valence electrons. The first kappa shape index (κ1) is 6.75. The number of pyridine rings is 1. The van der Waals surface area contributed by atoms with Crippen LogP contribution in [0.4, 0.5) is 0 Å². The molecule has 0 aliphatic heterocycles. The first-order valence-corrected chi connectivity index (χ1v) is 3.59. The number of aromatic nitrogens is 1. The smallest absolute Gasteiger partial charge is 0.109 e. The lowest BCUT2D eigenvalue weighted by atomic mass is 10.2. The molecule has 2 heteroatoms. The highest BCUT2D eigenvalue weighted by Gasteiger charge is 1.95. The molecule has 0 atom stereocenters. The number of hydrogen-bond donors (Lipinski definition) is 0. The second-order valence-corrected chi connectivity index (χ2v) is 2.79. The first-order chi connectivity index (χ1) is 4.22. The lowest BCUT2D eigenvalue weighted by Crippen LogP contribution is -1.83. The molecule has 0 fully saturated rings. The van der Waals surface area contributed by atoms with Crippen LogP contribution in [0, 0.1) is 13.8 Å². The highest BCUT2D eigenvalue weighted by atomic mass is 79.9. The van der Waals surface area contributed by atoms with Crippen LogP contribution < -0.4 is 0 Å². The Morgan fingerprint density at radius 1 is 1.44 bits per heavy atom. The molecule has 1 heterocycles. The molecule has 0 radical (unpaired) electrons. The minimum atomic E-state index is 0.947. The Hall–Kier alpha value is -0.370. The van der Waals surface area contributed by atoms with Gasteiger partial charge >= 0.3 is 0 Å². The van der Waals surface area contributed by atoms with Crippen LogP contribution in [0.2, 0.25) is 0 Å². The zero-order valence-corrected chi connectivity index (χ0v) is 7.07. The molecule has 1 aromatic rings. The summed E-state index contributed by atoms with van der Waals surface area (Å²) in [4.78, 5) is 4.06. The normalized spacial score (nSPS) is 9.67. The summed E-state index contributed by atoms with van der Waals surface area (Å²) < 4.78 is 0.947. The average Bonchev–Trinajstić information content (AvgIpc) is 1.83. The van der Waals surface area contributed by atoms with Crippen LogP contribution in [0.3, 0.4) is 0 Å². The molecule has 1 aromatic heterocycles. The van der Waals surface area contributed by atoms with Crippen molar-refractivity contribution in [2.24, 2.45) is 0 Å². The molecule has 1 nitrogen and oxygen atoms in total. The van der Waals surface area contributed by atoms with Crippen molar-refractivity contribution in [1.29, 1.82) is 0 Å². The van der Waals surface area contributed by atoms with E-state index in [0.717, 1.165) is 4.60 Å². The van der Waals surface area contributed by atoms with Crippen LogP contribution in [0.25, 0.3) is 0 Å². The van der Waals surface area contributed by atoms with Gasteiger partial charge in [0.05, 0.1) is 0 Å². The van der Waals surface area contributed by atoms with E-state index in [-0.39, 0.29) is 0 Å². The quantitative estimate of drug-likeness (QED) is 0.567. The fraction of sp³-hybridized carbons (Fsp3) is 0.286. The molecule has 0 bridgehead atoms. The SMILES string of the molecule is Cc1ccnc(Br)c1C. The lowest BCUT2D eigenvalue weighted by Gasteiger charge is -1.98. The number of aryl methyl sites for hydroxylation is 1. The van der Waals surface area contributed by atoms with E-state index in [4.69, 9.17) is 0 Å². The van der Waals surface area contributed by atoms with Gasteiger partial charge in [-0.3, -0.25) is 0 Å². The first-order valence-electron chi connectivity index (χ1n) is 2.79. The molecule has 0 unspecified atom stereocenters. The van der Waals surface area contributed by atoms with E-state index in [1.807, 2.05) is 13.0 Å². The minimum absolute atomic E-state index is 0.947. The summed E-state index contributed by atoms with van der Waals surface area (Å²) in [5, 5.41) is 0. The Morgan fingerprint density at radius 2 is 2.11 bits per heavy atom. The van der Waals surface area contributed by atoms with Gasteiger partial charge in [-0.2, -0.15) is 0 Å². The maximum absolute atomic E-state index is 4.06. The van der Waals surface area contributed by atoms with Gasteiger partial charge in [0, 0.05) is 6.20 Å². The van der Waals surface area contributed by atoms with E-state index in [9.17, 15) is 0 Å². The molecule has 9 heavy (non-hydrogen) atoms. The van der Waals surface area contributed by atoms with E-state index < -0.39 is 0 Å². The summed E-state index contributed by atoms with van der Waals surface area (Å²) in [7, 11) is 0. The Labute approximate surface area is 63.2 Å². The monoisotopic (exact) mass is 185 g/mol. The van der Waals surface area contributed by atoms with E-state index in [1.54, 1.807) is 6.20 Å². The number of rotatable bonds is 0. The lowest BCUT2D eigenvalue weighted by molar-refractivity contribution is 1.17. The zero-order valence-electron chi connectivity index (χ0n) is 5.48. The maximum atomic E-state index is 4.06. The number of nitrogens with zero attached hydrogens (tertiary/aromatic N) is 1. The van der Waals surface area contributed by atoms with Gasteiger partial charge in [-0.15, -0.1) is 0 Å². The van der Waals surface area contributed by atoms with Gasteiger partial charge < -0.3 is 0 Å². The molecule has 0 saturated heterocycles. The van der Waals surface area contributed by atoms with Gasteiger partial charge in [-0.1, -0.05) is 0 Å². The molecule has 0 aromatic carbocycles. The second kappa shape index (κ2) is 2.48. The van der Waals surface area contributed by atoms with Crippen molar-refractivity contribution in [3.8, 4) is 0 Å². The minimum Gasteiger partial charge on any atom is -0.249 e. The van der Waals surface area contributed by atoms with Gasteiger partial charge in [0.25, 0.3) is 0 Å². The third-order valence-corrected chi connectivity index (χ3v) is 2.21. The van der Waals surface area contributed by atoms with Crippen molar-refractivity contribution in [3.05, 3.63) is 28.0 Å². The molecule has 0 aliphatic rings. The number of hydrogen-bond acceptors (Lipinski definition) is 1. The molecule has 0 spiro atoms. The predicted octanol–water partition coefficient (Wildman–Crippen LogP) is 2.46. The Balaban J connectivity index is 3.25. The zero-order chi connectivity index (χ0) is 6.85. The highest BCUT2D eigenvalue weighted by Crippen LogP contribution is 2.14. The van der Waals surface area contributed by atoms with Crippen molar-refractivity contribution in [2.45, 2.75) is 13.8 Å². The predicted molar refractivity (Wildman–Crippen MR) is 41.4 cm³/mol. The molecule has 1 rings (SSSR count). The third kappa shape index (κ3) is 1.30. The Morgan fingerprint density at radius 3 is 2.56 bits per heavy atom. The van der Waals surface area contributed by atoms with Crippen molar-refractivity contribution >= 4 is 15.9 Å². The largest absolute Gasteiger partial charge is 0.249 e. The van der Waals surface area contributed by atoms with Crippen molar-refractivity contribution < 1.29 is 0 Å². The Kier molecular flexibility index (Phi) is 1.86. The maximum Gasteiger partial charge on any atom is 0.109 e. The van der Waals surface area contributed by atoms with E-state index in [0.29, 0.717) is 0 Å². The van der Waals surface area contributed by atoms with Crippen LogP contribution >= 0.6 is 15.9 Å². The third-order valence-electron chi connectivity index (χ3n) is 1.41. The summed E-state index contributed by atoms with van der Waals surface area (Å²) >= 11 is 3.33. The molecule has 0 N–H and O–H groups in total. The van der Waals surface area contributed by atoms with Gasteiger partial charge in [0.2, 0.25) is 0 Å². The highest BCUT2D eigenvalue weighted by molar-refractivity contribution is 9.10. The van der Waals surface area contributed by atoms with E-state index in [1.165, 1.54) is 11.1 Å². The van der Waals surface area contributed by atoms with Crippen LogP contribution in [0.1, 0.15) is 11.1 Å². The van der Waals surface area contributed by atoms with E-state index >= 15 is 0 Å². The van der Waals surface area contributed by atoms with E-state index in [2.05, 4.69) is 27.8 Å². The van der Waals surface area contributed by atoms with Crippen LogP contribution in [-0.4, -0.2) is 4.98 Å². The summed E-state index contributed by atoms with van der Waals surface area (Å²) in [6, 6.07) is 2.00. The molecular weight excluding hydrogens is 178 g/mol. The van der Waals surface area contributed by atoms with Crippen molar-refractivity contribution in [1.82, 2.24) is 4.98 Å². The molecule has 0 aliphatic carbocycles. The Bertz CT molecular complexity index is 200. The topological polar surface area (TPSA) is 12.9 Å². The summed E-state index contributed by atoms with van der Waals surface area (Å²) in [5.41, 5.74) is 2.49. The van der Waals surface area contributed by atoms with Crippen LogP contribution in [-0.2, 0) is 0 Å². The fourth-order valence-corrected chi connectivity index (χ4v) is 1.03. The van der Waals surface area contributed by atoms with Gasteiger partial charge in [0.15, 0.2) is 0 Å². The number of halogens is 1.